The Hall–Kier alpha value is -1.61. The average molecular weight is 247 g/mol. The van der Waals surface area contributed by atoms with Crippen molar-refractivity contribution in [3.63, 3.8) is 0 Å². The smallest absolute Gasteiger partial charge is 0.412 e. The number of fused-ring (bicyclic) bond motifs is 1. The minimum Gasteiger partial charge on any atom is -0.412 e. The van der Waals surface area contributed by atoms with Crippen LogP contribution in [0.15, 0.2) is 30.5 Å². The van der Waals surface area contributed by atoms with Crippen LogP contribution in [-0.2, 0) is 14.7 Å². The molecule has 0 atom stereocenters. The van der Waals surface area contributed by atoms with Gasteiger partial charge in [0.25, 0.3) is 0 Å². The van der Waals surface area contributed by atoms with Crippen LogP contribution in [0.25, 0.3) is 10.9 Å². The average Bonchev–Trinajstić information content (AvgIpc) is 2.57. The van der Waals surface area contributed by atoms with Gasteiger partial charge in [-0.2, -0.15) is 8.42 Å². The molecule has 1 heterocycles. The molecule has 4 N–H and O–H groups in total. The third kappa shape index (κ3) is 2.70. The first-order valence-corrected chi connectivity index (χ1v) is 5.32. The number of para-hydroxylation sites is 1. The molecule has 0 saturated carbocycles. The van der Waals surface area contributed by atoms with Crippen molar-refractivity contribution >= 4 is 21.3 Å². The summed E-state index contributed by atoms with van der Waals surface area (Å²) in [5.74, 6) is 0.184. The molecule has 0 saturated heterocycles. The molecular weight excluding hydrogens is 238 g/mol. The Kier molecular flexibility index (Phi) is 3.50. The third-order valence-corrected chi connectivity index (χ3v) is 2.00. The molecule has 1 aromatic carbocycles. The number of H-pyrrole nitrogens is 1. The highest BCUT2D eigenvalue weighted by atomic mass is 32.3. The summed E-state index contributed by atoms with van der Waals surface area (Å²) in [7, 11) is -4.60. The molecule has 1 aromatic heterocycles. The van der Waals surface area contributed by atoms with E-state index < -0.39 is 10.4 Å². The van der Waals surface area contributed by atoms with E-state index in [0.717, 1.165) is 5.52 Å². The van der Waals surface area contributed by atoms with Crippen LogP contribution in [0.2, 0.25) is 0 Å². The summed E-state index contributed by atoms with van der Waals surface area (Å²) in [6.45, 7) is 0. The summed E-state index contributed by atoms with van der Waals surface area (Å²) in [5, 5.41) is 0.654. The Balaban J connectivity index is 0.00000128. The molecule has 8 heteroatoms. The predicted octanol–water partition coefficient (Wildman–Crippen LogP) is 0.456. The Morgan fingerprint density at radius 1 is 1.25 bits per heavy atom. The highest BCUT2D eigenvalue weighted by Crippen LogP contribution is 2.25. The minimum absolute atomic E-state index is 0. The first-order valence-electron chi connectivity index (χ1n) is 3.96. The first-order chi connectivity index (χ1) is 7.06. The number of hydrogen-bond donors (Lipinski definition) is 2. The molecule has 2 aromatic rings. The van der Waals surface area contributed by atoms with Crippen molar-refractivity contribution in [2.24, 2.45) is 0 Å². The number of hydrogen-bond acceptors (Lipinski definition) is 4. The van der Waals surface area contributed by atoms with E-state index in [2.05, 4.69) is 14.2 Å². The maximum atomic E-state index is 10.3. The van der Waals surface area contributed by atoms with Crippen LogP contribution in [0.1, 0.15) is 0 Å². The summed E-state index contributed by atoms with van der Waals surface area (Å²) in [4.78, 5) is 7.30. The Morgan fingerprint density at radius 3 is 2.62 bits per heavy atom. The van der Waals surface area contributed by atoms with Gasteiger partial charge in [-0.3, -0.25) is 4.55 Å². The lowest BCUT2D eigenvalue weighted by Crippen LogP contribution is -2.06. The SMILES string of the molecule is O.O=S(=O)(O)OOc1c[nH]c2ccccc12. The highest BCUT2D eigenvalue weighted by molar-refractivity contribution is 7.80. The van der Waals surface area contributed by atoms with E-state index in [1.54, 1.807) is 18.2 Å². The minimum atomic E-state index is -4.60. The lowest BCUT2D eigenvalue weighted by molar-refractivity contribution is -0.101. The molecule has 0 radical (unpaired) electrons. The second-order valence-corrected chi connectivity index (χ2v) is 3.77. The van der Waals surface area contributed by atoms with Crippen LogP contribution in [0, 0.1) is 0 Å². The van der Waals surface area contributed by atoms with Crippen molar-refractivity contribution in [2.45, 2.75) is 0 Å². The number of nitrogens with one attached hydrogen (secondary N) is 1. The van der Waals surface area contributed by atoms with Crippen LogP contribution in [0.4, 0.5) is 0 Å². The second-order valence-electron chi connectivity index (χ2n) is 2.78. The van der Waals surface area contributed by atoms with Gasteiger partial charge < -0.3 is 15.3 Å². The summed E-state index contributed by atoms with van der Waals surface area (Å²) in [5.41, 5.74) is 0.770. The molecule has 0 aliphatic carbocycles. The molecule has 0 aliphatic heterocycles. The molecule has 0 unspecified atom stereocenters. The largest absolute Gasteiger partial charge is 0.432 e. The Bertz CT molecular complexity index is 575. The van der Waals surface area contributed by atoms with Crippen molar-refractivity contribution in [3.05, 3.63) is 30.5 Å². The van der Waals surface area contributed by atoms with Gasteiger partial charge in [-0.05, 0) is 16.5 Å². The van der Waals surface area contributed by atoms with Gasteiger partial charge in [-0.25, -0.2) is 0 Å². The standard InChI is InChI=1S/C8H7NO5S.H2O/c10-15(11,12)14-13-8-5-9-7-4-2-1-3-6(7)8;/h1-5,9H,(H,10,11,12);1H2. The molecule has 7 nitrogen and oxygen atoms in total. The second kappa shape index (κ2) is 4.49. The first kappa shape index (κ1) is 12.5. The molecule has 0 spiro atoms. The zero-order valence-corrected chi connectivity index (χ0v) is 8.69. The van der Waals surface area contributed by atoms with E-state index in [-0.39, 0.29) is 11.2 Å². The van der Waals surface area contributed by atoms with Crippen LogP contribution in [-0.4, -0.2) is 23.4 Å². The van der Waals surface area contributed by atoms with Gasteiger partial charge >= 0.3 is 10.4 Å². The van der Waals surface area contributed by atoms with Crippen molar-refractivity contribution in [3.8, 4) is 5.75 Å². The van der Waals surface area contributed by atoms with Gasteiger partial charge in [0.1, 0.15) is 0 Å². The maximum Gasteiger partial charge on any atom is 0.432 e. The summed E-state index contributed by atoms with van der Waals surface area (Å²) in [6.07, 6.45) is 1.43. The summed E-state index contributed by atoms with van der Waals surface area (Å²) < 4.78 is 32.6. The van der Waals surface area contributed by atoms with Crippen molar-refractivity contribution < 1.29 is 27.7 Å². The molecule has 0 bridgehead atoms. The number of rotatable bonds is 3. The maximum absolute atomic E-state index is 10.3. The fourth-order valence-corrected chi connectivity index (χ4v) is 1.35. The van der Waals surface area contributed by atoms with Crippen molar-refractivity contribution in [1.29, 1.82) is 0 Å². The van der Waals surface area contributed by atoms with E-state index >= 15 is 0 Å². The summed E-state index contributed by atoms with van der Waals surface area (Å²) in [6, 6.07) is 7.08. The van der Waals surface area contributed by atoms with Gasteiger partial charge in [0, 0.05) is 17.1 Å². The van der Waals surface area contributed by atoms with Crippen LogP contribution < -0.4 is 4.89 Å². The van der Waals surface area contributed by atoms with Crippen molar-refractivity contribution in [1.82, 2.24) is 4.98 Å². The quantitative estimate of drug-likeness (QED) is 0.463. The molecular formula is C8H9NO6S. The van der Waals surface area contributed by atoms with Crippen LogP contribution >= 0.6 is 0 Å². The molecule has 2 rings (SSSR count). The van der Waals surface area contributed by atoms with Crippen LogP contribution in [0.5, 0.6) is 5.75 Å². The van der Waals surface area contributed by atoms with Gasteiger partial charge in [-0.1, -0.05) is 12.1 Å². The molecule has 88 valence electrons. The molecule has 0 aliphatic rings. The van der Waals surface area contributed by atoms with E-state index in [9.17, 15) is 8.42 Å². The fourth-order valence-electron chi connectivity index (χ4n) is 1.19. The van der Waals surface area contributed by atoms with Crippen molar-refractivity contribution in [2.75, 3.05) is 0 Å². The molecule has 16 heavy (non-hydrogen) atoms. The summed E-state index contributed by atoms with van der Waals surface area (Å²) >= 11 is 0. The zero-order valence-electron chi connectivity index (χ0n) is 7.88. The zero-order chi connectivity index (χ0) is 10.9. The highest BCUT2D eigenvalue weighted by Gasteiger charge is 2.10. The Labute approximate surface area is 90.8 Å². The number of aromatic nitrogens is 1. The van der Waals surface area contributed by atoms with Gasteiger partial charge in [-0.15, -0.1) is 0 Å². The third-order valence-electron chi connectivity index (χ3n) is 1.76. The fraction of sp³-hybridized carbons (Fsp3) is 0. The number of benzene rings is 1. The predicted molar refractivity (Wildman–Crippen MR) is 55.2 cm³/mol. The lowest BCUT2D eigenvalue weighted by atomic mass is 10.2. The molecule has 0 fully saturated rings. The van der Waals surface area contributed by atoms with E-state index in [4.69, 9.17) is 4.55 Å². The van der Waals surface area contributed by atoms with E-state index in [0.29, 0.717) is 5.39 Å². The topological polar surface area (TPSA) is 120 Å². The Morgan fingerprint density at radius 2 is 1.94 bits per heavy atom. The molecule has 0 amide bonds. The normalized spacial score (nSPS) is 11.1. The van der Waals surface area contributed by atoms with Gasteiger partial charge in [0.05, 0.1) is 0 Å². The van der Waals surface area contributed by atoms with E-state index in [1.165, 1.54) is 6.20 Å². The monoisotopic (exact) mass is 247 g/mol. The van der Waals surface area contributed by atoms with Gasteiger partial charge in [0.15, 0.2) is 5.75 Å². The lowest BCUT2D eigenvalue weighted by Gasteiger charge is -1.98. The van der Waals surface area contributed by atoms with Crippen LogP contribution in [0.3, 0.4) is 0 Å². The number of aromatic amines is 1. The van der Waals surface area contributed by atoms with E-state index in [1.807, 2.05) is 6.07 Å². The van der Waals surface area contributed by atoms with Gasteiger partial charge in [0.2, 0.25) is 0 Å².